The highest BCUT2D eigenvalue weighted by atomic mass is 16.2. The van der Waals surface area contributed by atoms with Crippen LogP contribution in [0, 0.1) is 13.8 Å². The van der Waals surface area contributed by atoms with E-state index in [4.69, 9.17) is 4.98 Å². The Labute approximate surface area is 179 Å². The van der Waals surface area contributed by atoms with Crippen LogP contribution in [-0.2, 0) is 20.1 Å². The molecule has 0 fully saturated rings. The minimum absolute atomic E-state index is 0.240. The zero-order valence-electron chi connectivity index (χ0n) is 18.0. The zero-order chi connectivity index (χ0) is 21.7. The van der Waals surface area contributed by atoms with Gasteiger partial charge >= 0.3 is 5.69 Å². The maximum Gasteiger partial charge on any atom is 0.332 e. The number of hydrogen-bond acceptors (Lipinski definition) is 4. The van der Waals surface area contributed by atoms with Crippen molar-refractivity contribution in [2.75, 3.05) is 11.4 Å². The zero-order valence-corrected chi connectivity index (χ0v) is 18.0. The quantitative estimate of drug-likeness (QED) is 0.516. The predicted octanol–water partition coefficient (Wildman–Crippen LogP) is 3.10. The molecule has 0 radical (unpaired) electrons. The van der Waals surface area contributed by atoms with Gasteiger partial charge < -0.3 is 9.47 Å². The molecule has 0 saturated carbocycles. The summed E-state index contributed by atoms with van der Waals surface area (Å²) in [5.41, 5.74) is 4.57. The number of hydrogen-bond donors (Lipinski definition) is 0. The summed E-state index contributed by atoms with van der Waals surface area (Å²) < 4.78 is 4.77. The van der Waals surface area contributed by atoms with Gasteiger partial charge in [-0.2, -0.15) is 4.98 Å². The summed E-state index contributed by atoms with van der Waals surface area (Å²) in [7, 11) is 1.69. The van der Waals surface area contributed by atoms with Gasteiger partial charge in [-0.15, -0.1) is 0 Å². The van der Waals surface area contributed by atoms with E-state index in [1.807, 2.05) is 35.8 Å². The average molecular weight is 415 g/mol. The molecule has 3 heterocycles. The number of rotatable bonds is 3. The van der Waals surface area contributed by atoms with E-state index < -0.39 is 0 Å². The molecule has 0 amide bonds. The van der Waals surface area contributed by atoms with Crippen molar-refractivity contribution in [2.24, 2.45) is 7.05 Å². The number of imidazole rings is 1. The molecule has 7 nitrogen and oxygen atoms in total. The third-order valence-corrected chi connectivity index (χ3v) is 6.02. The topological polar surface area (TPSA) is 65.1 Å². The maximum absolute atomic E-state index is 13.5. The monoisotopic (exact) mass is 415 g/mol. The maximum atomic E-state index is 13.5. The normalized spacial score (nSPS) is 13.6. The summed E-state index contributed by atoms with van der Waals surface area (Å²) in [4.78, 5) is 33.4. The van der Waals surface area contributed by atoms with Crippen molar-refractivity contribution >= 4 is 22.8 Å². The predicted molar refractivity (Wildman–Crippen MR) is 122 cm³/mol. The Morgan fingerprint density at radius 3 is 2.23 bits per heavy atom. The van der Waals surface area contributed by atoms with Crippen molar-refractivity contribution in [3.05, 3.63) is 86.1 Å². The molecule has 0 N–H and O–H groups in total. The fraction of sp³-hybridized carbons (Fsp3) is 0.292. The molecule has 0 spiro atoms. The molecule has 31 heavy (non-hydrogen) atoms. The van der Waals surface area contributed by atoms with Crippen LogP contribution in [0.15, 0.2) is 58.1 Å². The van der Waals surface area contributed by atoms with Crippen molar-refractivity contribution < 1.29 is 0 Å². The van der Waals surface area contributed by atoms with Gasteiger partial charge in [0.1, 0.15) is 0 Å². The van der Waals surface area contributed by atoms with Crippen LogP contribution in [0.4, 0.5) is 11.6 Å². The number of aromatic nitrogens is 4. The van der Waals surface area contributed by atoms with Crippen LogP contribution in [0.1, 0.15) is 23.1 Å². The van der Waals surface area contributed by atoms with Crippen molar-refractivity contribution in [2.45, 2.75) is 33.4 Å². The summed E-state index contributed by atoms with van der Waals surface area (Å²) in [6.45, 7) is 5.83. The van der Waals surface area contributed by atoms with Gasteiger partial charge in [0, 0.05) is 25.8 Å². The molecule has 5 rings (SSSR count). The first-order valence-electron chi connectivity index (χ1n) is 10.5. The largest absolute Gasteiger partial charge is 0.332 e. The minimum atomic E-state index is -0.351. The van der Waals surface area contributed by atoms with Crippen LogP contribution in [-0.4, -0.2) is 25.2 Å². The Hall–Kier alpha value is -3.61. The van der Waals surface area contributed by atoms with Crippen LogP contribution in [0.5, 0.6) is 0 Å². The van der Waals surface area contributed by atoms with Gasteiger partial charge in [-0.05, 0) is 38.0 Å². The summed E-state index contributed by atoms with van der Waals surface area (Å²) in [5.74, 6) is 0.713. The molecule has 0 unspecified atom stereocenters. The summed E-state index contributed by atoms with van der Waals surface area (Å²) in [6, 6.07) is 16.2. The fourth-order valence-corrected chi connectivity index (χ4v) is 4.25. The van der Waals surface area contributed by atoms with E-state index in [0.717, 1.165) is 29.8 Å². The highest BCUT2D eigenvalue weighted by Gasteiger charge is 2.27. The van der Waals surface area contributed by atoms with Crippen molar-refractivity contribution in [3.63, 3.8) is 0 Å². The number of nitrogens with zero attached hydrogens (tertiary/aromatic N) is 5. The fourth-order valence-electron chi connectivity index (χ4n) is 4.25. The number of anilines is 2. The lowest BCUT2D eigenvalue weighted by atomic mass is 10.1. The molecular formula is C24H25N5O2. The second-order valence-corrected chi connectivity index (χ2v) is 8.29. The third kappa shape index (κ3) is 3.17. The van der Waals surface area contributed by atoms with Crippen molar-refractivity contribution in [1.29, 1.82) is 0 Å². The van der Waals surface area contributed by atoms with Gasteiger partial charge in [0.05, 0.1) is 6.54 Å². The molecule has 0 saturated heterocycles. The molecule has 1 aliphatic rings. The van der Waals surface area contributed by atoms with Gasteiger partial charge in [-0.3, -0.25) is 13.9 Å². The van der Waals surface area contributed by atoms with Crippen LogP contribution in [0.3, 0.4) is 0 Å². The standard InChI is InChI=1S/C24H25N5O2/c1-16-5-9-18(10-6-16)15-29-22(30)20-21(26(3)24(29)31)25-23-27(13-4-14-28(20)23)19-11-7-17(2)8-12-19/h5-12H,4,13-15H2,1-3H3. The number of fused-ring (bicyclic) bond motifs is 3. The van der Waals surface area contributed by atoms with E-state index in [1.54, 1.807) is 7.05 Å². The van der Waals surface area contributed by atoms with Gasteiger partial charge in [-0.25, -0.2) is 4.79 Å². The van der Waals surface area contributed by atoms with Crippen molar-refractivity contribution in [1.82, 2.24) is 18.7 Å². The lowest BCUT2D eigenvalue weighted by Crippen LogP contribution is -2.40. The molecule has 4 aromatic rings. The first kappa shape index (κ1) is 19.4. The molecule has 0 atom stereocenters. The van der Waals surface area contributed by atoms with Crippen molar-refractivity contribution in [3.8, 4) is 0 Å². The Morgan fingerprint density at radius 2 is 1.55 bits per heavy atom. The highest BCUT2D eigenvalue weighted by molar-refractivity contribution is 5.77. The van der Waals surface area contributed by atoms with Crippen LogP contribution in [0.25, 0.3) is 11.2 Å². The SMILES string of the molecule is Cc1ccc(Cn2c(=O)c3c(nc4n3CCCN4c3ccc(C)cc3)n(C)c2=O)cc1. The second kappa shape index (κ2) is 7.27. The Kier molecular flexibility index (Phi) is 4.54. The third-order valence-electron chi connectivity index (χ3n) is 6.02. The first-order chi connectivity index (χ1) is 14.9. The van der Waals surface area contributed by atoms with Gasteiger partial charge in [0.25, 0.3) is 5.56 Å². The van der Waals surface area contributed by atoms with E-state index >= 15 is 0 Å². The Morgan fingerprint density at radius 1 is 0.903 bits per heavy atom. The van der Waals surface area contributed by atoms with E-state index in [9.17, 15) is 9.59 Å². The van der Waals surface area contributed by atoms with Gasteiger partial charge in [-0.1, -0.05) is 47.5 Å². The lowest BCUT2D eigenvalue weighted by molar-refractivity contribution is 0.597. The molecule has 0 aliphatic carbocycles. The molecule has 2 aromatic carbocycles. The smallest absolute Gasteiger partial charge is 0.312 e. The molecule has 2 aromatic heterocycles. The molecular weight excluding hydrogens is 390 g/mol. The van der Waals surface area contributed by atoms with E-state index in [0.29, 0.717) is 23.7 Å². The molecule has 0 bridgehead atoms. The van der Waals surface area contributed by atoms with Gasteiger partial charge in [0.15, 0.2) is 11.2 Å². The number of benzene rings is 2. The van der Waals surface area contributed by atoms with Crippen LogP contribution >= 0.6 is 0 Å². The first-order valence-corrected chi connectivity index (χ1v) is 10.5. The lowest BCUT2D eigenvalue weighted by Gasteiger charge is -2.29. The Bertz CT molecular complexity index is 1390. The van der Waals surface area contributed by atoms with Crippen LogP contribution < -0.4 is 16.1 Å². The minimum Gasteiger partial charge on any atom is -0.312 e. The van der Waals surface area contributed by atoms with Crippen LogP contribution in [0.2, 0.25) is 0 Å². The summed E-state index contributed by atoms with van der Waals surface area (Å²) >= 11 is 0. The second-order valence-electron chi connectivity index (χ2n) is 8.29. The van der Waals surface area contributed by atoms with Gasteiger partial charge in [0.2, 0.25) is 5.95 Å². The van der Waals surface area contributed by atoms with E-state index in [-0.39, 0.29) is 17.8 Å². The molecule has 7 heteroatoms. The highest BCUT2D eigenvalue weighted by Crippen LogP contribution is 2.31. The average Bonchev–Trinajstić information content (AvgIpc) is 3.17. The summed E-state index contributed by atoms with van der Waals surface area (Å²) in [6.07, 6.45) is 0.895. The summed E-state index contributed by atoms with van der Waals surface area (Å²) in [5, 5.41) is 0. The molecule has 1 aliphatic heterocycles. The van der Waals surface area contributed by atoms with E-state index in [1.165, 1.54) is 14.7 Å². The number of aryl methyl sites for hydroxylation is 4. The van der Waals surface area contributed by atoms with E-state index in [2.05, 4.69) is 36.1 Å². The molecule has 158 valence electrons. The Balaban J connectivity index is 1.68.